The van der Waals surface area contributed by atoms with Crippen molar-refractivity contribution in [3.8, 4) is 0 Å². The van der Waals surface area contributed by atoms with Crippen LogP contribution in [0.5, 0.6) is 0 Å². The van der Waals surface area contributed by atoms with E-state index >= 15 is 0 Å². The third-order valence-electron chi connectivity index (χ3n) is 5.21. The highest BCUT2D eigenvalue weighted by atomic mass is 16.3. The lowest BCUT2D eigenvalue weighted by atomic mass is 9.79. The van der Waals surface area contributed by atoms with Gasteiger partial charge in [-0.25, -0.2) is 0 Å². The number of carbonyl (C=O) groups excluding carboxylic acids is 1. The van der Waals surface area contributed by atoms with Gasteiger partial charge in [0.15, 0.2) is 0 Å². The highest BCUT2D eigenvalue weighted by Gasteiger charge is 2.39. The van der Waals surface area contributed by atoms with E-state index in [0.29, 0.717) is 6.54 Å². The fraction of sp³-hybridized carbons (Fsp3) is 0.632. The van der Waals surface area contributed by atoms with Crippen LogP contribution < -0.4 is 5.32 Å². The first-order valence-electron chi connectivity index (χ1n) is 8.69. The Bertz CT molecular complexity index is 520. The molecule has 2 N–H and O–H groups in total. The van der Waals surface area contributed by atoms with Gasteiger partial charge in [0.05, 0.1) is 12.6 Å². The van der Waals surface area contributed by atoms with E-state index in [1.807, 2.05) is 24.0 Å². The number of aliphatic hydroxyl groups is 1. The number of aliphatic hydroxyl groups excluding tert-OH is 1. The Balaban J connectivity index is 2.26. The molecule has 1 aromatic rings. The lowest BCUT2D eigenvalue weighted by molar-refractivity contribution is -0.147. The number of amides is 1. The van der Waals surface area contributed by atoms with E-state index in [2.05, 4.69) is 31.3 Å². The Morgan fingerprint density at radius 3 is 2.57 bits per heavy atom. The molecule has 4 heteroatoms. The van der Waals surface area contributed by atoms with Crippen LogP contribution in [-0.2, 0) is 11.3 Å². The van der Waals surface area contributed by atoms with Gasteiger partial charge in [-0.15, -0.1) is 0 Å². The molecule has 0 bridgehead atoms. The molecule has 1 heterocycles. The Hall–Kier alpha value is -1.39. The Kier molecular flexibility index (Phi) is 6.19. The summed E-state index contributed by atoms with van der Waals surface area (Å²) in [6.45, 7) is 8.54. The molecule has 1 fully saturated rings. The monoisotopic (exact) mass is 318 g/mol. The molecule has 1 aliphatic rings. The van der Waals surface area contributed by atoms with Gasteiger partial charge in [0.1, 0.15) is 0 Å². The Morgan fingerprint density at radius 2 is 2.00 bits per heavy atom. The van der Waals surface area contributed by atoms with Crippen LogP contribution in [0.4, 0.5) is 0 Å². The van der Waals surface area contributed by atoms with Crippen LogP contribution in [0.2, 0.25) is 0 Å². The first-order valence-corrected chi connectivity index (χ1v) is 8.69. The number of carbonyl (C=O) groups is 1. The number of hydrogen-bond acceptors (Lipinski definition) is 3. The number of hydrogen-bond donors (Lipinski definition) is 2. The summed E-state index contributed by atoms with van der Waals surface area (Å²) >= 11 is 0. The SMILES string of the molecule is CCC(CO)N(Cc1ccccc1C)C(=O)C1(C)CCNCC1. The summed E-state index contributed by atoms with van der Waals surface area (Å²) in [6.07, 6.45) is 2.48. The molecule has 0 aliphatic carbocycles. The minimum atomic E-state index is -0.323. The summed E-state index contributed by atoms with van der Waals surface area (Å²) in [4.78, 5) is 15.2. The molecule has 2 rings (SSSR count). The van der Waals surface area contributed by atoms with Crippen molar-refractivity contribution in [3.05, 3.63) is 35.4 Å². The van der Waals surface area contributed by atoms with Crippen molar-refractivity contribution in [2.45, 2.75) is 52.6 Å². The fourth-order valence-corrected chi connectivity index (χ4v) is 3.32. The van der Waals surface area contributed by atoms with Crippen LogP contribution in [0.3, 0.4) is 0 Å². The fourth-order valence-electron chi connectivity index (χ4n) is 3.32. The van der Waals surface area contributed by atoms with Crippen LogP contribution in [0.25, 0.3) is 0 Å². The highest BCUT2D eigenvalue weighted by Crippen LogP contribution is 2.32. The summed E-state index contributed by atoms with van der Waals surface area (Å²) in [7, 11) is 0. The van der Waals surface area contributed by atoms with Crippen LogP contribution >= 0.6 is 0 Å². The van der Waals surface area contributed by atoms with Crippen molar-refractivity contribution in [1.82, 2.24) is 10.2 Å². The van der Waals surface area contributed by atoms with Crippen LogP contribution in [0.1, 0.15) is 44.2 Å². The molecule has 1 atom stereocenters. The Labute approximate surface area is 139 Å². The minimum Gasteiger partial charge on any atom is -0.394 e. The smallest absolute Gasteiger partial charge is 0.229 e. The van der Waals surface area contributed by atoms with E-state index in [9.17, 15) is 9.90 Å². The predicted molar refractivity (Wildman–Crippen MR) is 93.1 cm³/mol. The first kappa shape index (κ1) is 18.0. The van der Waals surface area contributed by atoms with E-state index in [1.54, 1.807) is 0 Å². The molecule has 0 radical (unpaired) electrons. The summed E-state index contributed by atoms with van der Waals surface area (Å²) < 4.78 is 0. The average Bonchev–Trinajstić information content (AvgIpc) is 2.56. The van der Waals surface area contributed by atoms with Gasteiger partial charge in [-0.3, -0.25) is 4.79 Å². The van der Waals surface area contributed by atoms with Gasteiger partial charge in [0.2, 0.25) is 5.91 Å². The molecule has 1 aromatic carbocycles. The molecular formula is C19H30N2O2. The number of nitrogens with zero attached hydrogens (tertiary/aromatic N) is 1. The molecule has 0 aromatic heterocycles. The number of piperidine rings is 1. The third kappa shape index (κ3) is 4.12. The maximum atomic E-state index is 13.3. The van der Waals surface area contributed by atoms with Crippen LogP contribution in [0, 0.1) is 12.3 Å². The van der Waals surface area contributed by atoms with Crippen LogP contribution in [-0.4, -0.2) is 41.7 Å². The van der Waals surface area contributed by atoms with Crippen molar-refractivity contribution in [2.75, 3.05) is 19.7 Å². The zero-order chi connectivity index (χ0) is 16.9. The van der Waals surface area contributed by atoms with Gasteiger partial charge in [-0.05, 0) is 50.4 Å². The molecule has 0 saturated carbocycles. The zero-order valence-electron chi connectivity index (χ0n) is 14.6. The van der Waals surface area contributed by atoms with E-state index in [0.717, 1.165) is 37.9 Å². The third-order valence-corrected chi connectivity index (χ3v) is 5.21. The number of rotatable bonds is 6. The van der Waals surface area contributed by atoms with Crippen molar-refractivity contribution in [2.24, 2.45) is 5.41 Å². The van der Waals surface area contributed by atoms with Crippen molar-refractivity contribution >= 4 is 5.91 Å². The highest BCUT2D eigenvalue weighted by molar-refractivity contribution is 5.83. The number of nitrogens with one attached hydrogen (secondary N) is 1. The van der Waals surface area contributed by atoms with Crippen molar-refractivity contribution in [3.63, 3.8) is 0 Å². The van der Waals surface area contributed by atoms with Gasteiger partial charge in [-0.1, -0.05) is 38.1 Å². The summed E-state index contributed by atoms with van der Waals surface area (Å²) in [5, 5.41) is 13.1. The van der Waals surface area contributed by atoms with Crippen LogP contribution in [0.15, 0.2) is 24.3 Å². The first-order chi connectivity index (χ1) is 11.0. The molecule has 1 aliphatic heterocycles. The second-order valence-corrected chi connectivity index (χ2v) is 6.91. The summed E-state index contributed by atoms with van der Waals surface area (Å²) in [5.74, 6) is 0.183. The summed E-state index contributed by atoms with van der Waals surface area (Å²) in [5.41, 5.74) is 2.02. The molecule has 1 amide bonds. The lowest BCUT2D eigenvalue weighted by Crippen LogP contribution is -2.51. The molecule has 0 spiro atoms. The average molecular weight is 318 g/mol. The normalized spacial score (nSPS) is 18.4. The maximum absolute atomic E-state index is 13.3. The van der Waals surface area contributed by atoms with Gasteiger partial charge in [-0.2, -0.15) is 0 Å². The van der Waals surface area contributed by atoms with E-state index in [-0.39, 0.29) is 24.0 Å². The molecule has 4 nitrogen and oxygen atoms in total. The molecule has 23 heavy (non-hydrogen) atoms. The number of benzene rings is 1. The van der Waals surface area contributed by atoms with E-state index in [4.69, 9.17) is 0 Å². The molecule has 128 valence electrons. The summed E-state index contributed by atoms with van der Waals surface area (Å²) in [6, 6.07) is 8.06. The zero-order valence-corrected chi connectivity index (χ0v) is 14.6. The van der Waals surface area contributed by atoms with Gasteiger partial charge in [0, 0.05) is 12.0 Å². The molecular weight excluding hydrogens is 288 g/mol. The van der Waals surface area contributed by atoms with Gasteiger partial charge >= 0.3 is 0 Å². The predicted octanol–water partition coefficient (Wildman–Crippen LogP) is 2.48. The van der Waals surface area contributed by atoms with E-state index < -0.39 is 0 Å². The second-order valence-electron chi connectivity index (χ2n) is 6.91. The largest absolute Gasteiger partial charge is 0.394 e. The standard InChI is InChI=1S/C19H30N2O2/c1-4-17(14-22)21(13-16-8-6-5-7-15(16)2)18(23)19(3)9-11-20-12-10-19/h5-8,17,20,22H,4,9-14H2,1-3H3. The number of aryl methyl sites for hydroxylation is 1. The topological polar surface area (TPSA) is 52.6 Å². The minimum absolute atomic E-state index is 0.0163. The van der Waals surface area contributed by atoms with E-state index in [1.165, 1.54) is 5.56 Å². The van der Waals surface area contributed by atoms with Crippen molar-refractivity contribution in [1.29, 1.82) is 0 Å². The Morgan fingerprint density at radius 1 is 1.35 bits per heavy atom. The second kappa shape index (κ2) is 7.93. The maximum Gasteiger partial charge on any atom is 0.229 e. The van der Waals surface area contributed by atoms with Gasteiger partial charge < -0.3 is 15.3 Å². The quantitative estimate of drug-likeness (QED) is 0.847. The molecule has 1 saturated heterocycles. The lowest BCUT2D eigenvalue weighted by Gasteiger charge is -2.40. The van der Waals surface area contributed by atoms with Gasteiger partial charge in [0.25, 0.3) is 0 Å². The molecule has 1 unspecified atom stereocenters. The van der Waals surface area contributed by atoms with Crippen molar-refractivity contribution < 1.29 is 9.90 Å².